The fourth-order valence-corrected chi connectivity index (χ4v) is 1.95. The molecule has 1 aromatic carbocycles. The Hall–Kier alpha value is -2.74. The van der Waals surface area contributed by atoms with Crippen molar-refractivity contribution in [3.05, 3.63) is 42.0 Å². The molecule has 134 valence electrons. The summed E-state index contributed by atoms with van der Waals surface area (Å²) in [4.78, 5) is 34.7. The van der Waals surface area contributed by atoms with Crippen LogP contribution in [0.2, 0.25) is 0 Å². The van der Waals surface area contributed by atoms with Crippen LogP contribution in [0.4, 0.5) is 5.69 Å². The highest BCUT2D eigenvalue weighted by atomic mass is 32.1. The molecule has 0 bridgehead atoms. The lowest BCUT2D eigenvalue weighted by molar-refractivity contribution is -0.137. The Labute approximate surface area is 151 Å². The topological polar surface area (TPSA) is 96.5 Å². The number of ether oxygens (including phenoxy) is 1. The van der Waals surface area contributed by atoms with E-state index in [1.165, 1.54) is 0 Å². The predicted octanol–water partition coefficient (Wildman–Crippen LogP) is 1.76. The Morgan fingerprint density at radius 1 is 1.20 bits per heavy atom. The lowest BCUT2D eigenvalue weighted by atomic mass is 10.2. The molecule has 1 aromatic rings. The maximum absolute atomic E-state index is 11.9. The average Bonchev–Trinajstić information content (AvgIpc) is 2.58. The van der Waals surface area contributed by atoms with E-state index in [4.69, 9.17) is 12.2 Å². The van der Waals surface area contributed by atoms with Gasteiger partial charge in [-0.15, -0.1) is 0 Å². The molecular weight excluding hydrogens is 342 g/mol. The smallest absolute Gasteiger partial charge is 0.330 e. The van der Waals surface area contributed by atoms with Gasteiger partial charge < -0.3 is 15.4 Å². The molecule has 0 unspecified atom stereocenters. The fourth-order valence-electron chi connectivity index (χ4n) is 1.73. The van der Waals surface area contributed by atoms with Gasteiger partial charge in [-0.25, -0.2) is 4.79 Å². The number of hydrogen-bond acceptors (Lipinski definition) is 5. The van der Waals surface area contributed by atoms with E-state index in [2.05, 4.69) is 20.7 Å². The Morgan fingerprint density at radius 3 is 2.64 bits per heavy atom. The Balaban J connectivity index is 2.58. The molecule has 2 amide bonds. The first-order valence-electron chi connectivity index (χ1n) is 7.81. The molecule has 0 saturated carbocycles. The number of carbonyl (C=O) groups is 3. The molecule has 8 heteroatoms. The van der Waals surface area contributed by atoms with Crippen molar-refractivity contribution in [3.63, 3.8) is 0 Å². The molecule has 0 heterocycles. The molecule has 3 N–H and O–H groups in total. The molecule has 0 radical (unpaired) electrons. The molecule has 25 heavy (non-hydrogen) atoms. The number of anilines is 1. The van der Waals surface area contributed by atoms with E-state index >= 15 is 0 Å². The monoisotopic (exact) mass is 363 g/mol. The van der Waals surface area contributed by atoms with E-state index in [-0.39, 0.29) is 17.6 Å². The molecule has 0 aliphatic carbocycles. The number of nitrogens with one attached hydrogen (secondary N) is 3. The zero-order chi connectivity index (χ0) is 18.7. The van der Waals surface area contributed by atoms with Crippen molar-refractivity contribution < 1.29 is 19.1 Å². The SMILES string of the molecule is CCCNC(=O)c1cccc(NC(=S)NC(=O)/C=C/C(=O)OCC)c1. The maximum Gasteiger partial charge on any atom is 0.330 e. The first-order valence-corrected chi connectivity index (χ1v) is 8.22. The van der Waals surface area contributed by atoms with E-state index in [0.717, 1.165) is 18.6 Å². The standard InChI is InChI=1S/C17H21N3O4S/c1-3-10-18-16(23)12-6-5-7-13(11-12)19-17(25)20-14(21)8-9-15(22)24-4-2/h5-9,11H,3-4,10H2,1-2H3,(H,18,23)(H2,19,20,21,25)/b9-8+. The van der Waals surface area contributed by atoms with Gasteiger partial charge in [-0.3, -0.25) is 14.9 Å². The van der Waals surface area contributed by atoms with Gasteiger partial charge in [0.1, 0.15) is 0 Å². The minimum absolute atomic E-state index is 0.0459. The summed E-state index contributed by atoms with van der Waals surface area (Å²) in [5.74, 6) is -1.36. The first-order chi connectivity index (χ1) is 12.0. The third-order valence-electron chi connectivity index (χ3n) is 2.81. The summed E-state index contributed by atoms with van der Waals surface area (Å²) < 4.78 is 4.66. The summed E-state index contributed by atoms with van der Waals surface area (Å²) >= 11 is 5.03. The van der Waals surface area contributed by atoms with Crippen LogP contribution >= 0.6 is 12.2 Å². The third kappa shape index (κ3) is 8.07. The minimum Gasteiger partial charge on any atom is -0.463 e. The quantitative estimate of drug-likeness (QED) is 0.388. The number of hydrogen-bond donors (Lipinski definition) is 3. The normalized spacial score (nSPS) is 10.2. The number of rotatable bonds is 7. The maximum atomic E-state index is 11.9. The zero-order valence-electron chi connectivity index (χ0n) is 14.1. The number of carbonyl (C=O) groups excluding carboxylic acids is 3. The Morgan fingerprint density at radius 2 is 1.96 bits per heavy atom. The molecule has 0 fully saturated rings. The van der Waals surface area contributed by atoms with Crippen molar-refractivity contribution in [1.82, 2.24) is 10.6 Å². The molecule has 0 saturated heterocycles. The van der Waals surface area contributed by atoms with Crippen LogP contribution in [0.1, 0.15) is 30.6 Å². The lowest BCUT2D eigenvalue weighted by Crippen LogP contribution is -2.33. The van der Waals surface area contributed by atoms with Gasteiger partial charge >= 0.3 is 5.97 Å². The molecule has 1 rings (SSSR count). The molecule has 0 spiro atoms. The lowest BCUT2D eigenvalue weighted by Gasteiger charge is -2.10. The van der Waals surface area contributed by atoms with Crippen LogP contribution in [0, 0.1) is 0 Å². The van der Waals surface area contributed by atoms with Crippen molar-refractivity contribution in [2.24, 2.45) is 0 Å². The molecule has 0 aromatic heterocycles. The second-order valence-corrected chi connectivity index (χ2v) is 5.27. The van der Waals surface area contributed by atoms with Crippen LogP contribution in [0.15, 0.2) is 36.4 Å². The van der Waals surface area contributed by atoms with E-state index in [1.54, 1.807) is 31.2 Å². The molecule has 0 atom stereocenters. The van der Waals surface area contributed by atoms with Crippen LogP contribution in [-0.2, 0) is 14.3 Å². The van der Waals surface area contributed by atoms with E-state index < -0.39 is 11.9 Å². The van der Waals surface area contributed by atoms with Crippen LogP contribution < -0.4 is 16.0 Å². The van der Waals surface area contributed by atoms with Gasteiger partial charge in [0.05, 0.1) is 6.61 Å². The Kier molecular flexibility index (Phi) is 8.87. The summed E-state index contributed by atoms with van der Waals surface area (Å²) in [5.41, 5.74) is 1.04. The van der Waals surface area contributed by atoms with Gasteiger partial charge in [0, 0.05) is 29.9 Å². The molecule has 0 aliphatic rings. The average molecular weight is 363 g/mol. The molecule has 0 aliphatic heterocycles. The fraction of sp³-hybridized carbons (Fsp3) is 0.294. The van der Waals surface area contributed by atoms with Crippen LogP contribution in [-0.4, -0.2) is 36.0 Å². The van der Waals surface area contributed by atoms with Gasteiger partial charge in [0.2, 0.25) is 5.91 Å². The first kappa shape index (κ1) is 20.3. The van der Waals surface area contributed by atoms with Gasteiger partial charge in [0.25, 0.3) is 5.91 Å². The second-order valence-electron chi connectivity index (χ2n) is 4.87. The van der Waals surface area contributed by atoms with Crippen molar-refractivity contribution in [3.8, 4) is 0 Å². The van der Waals surface area contributed by atoms with Crippen molar-refractivity contribution in [2.45, 2.75) is 20.3 Å². The minimum atomic E-state index is -0.609. The summed E-state index contributed by atoms with van der Waals surface area (Å²) in [5, 5.41) is 8.02. The van der Waals surface area contributed by atoms with E-state index in [9.17, 15) is 14.4 Å². The highest BCUT2D eigenvalue weighted by Gasteiger charge is 2.07. The van der Waals surface area contributed by atoms with Crippen LogP contribution in [0.5, 0.6) is 0 Å². The van der Waals surface area contributed by atoms with Gasteiger partial charge in [-0.2, -0.15) is 0 Å². The van der Waals surface area contributed by atoms with Gasteiger partial charge in [-0.05, 0) is 43.8 Å². The van der Waals surface area contributed by atoms with Gasteiger partial charge in [0.15, 0.2) is 5.11 Å². The van der Waals surface area contributed by atoms with E-state index in [0.29, 0.717) is 17.8 Å². The highest BCUT2D eigenvalue weighted by Crippen LogP contribution is 2.10. The van der Waals surface area contributed by atoms with Crippen molar-refractivity contribution in [2.75, 3.05) is 18.5 Å². The second kappa shape index (κ2) is 10.9. The van der Waals surface area contributed by atoms with Crippen molar-refractivity contribution >= 4 is 40.8 Å². The summed E-state index contributed by atoms with van der Waals surface area (Å²) in [6.07, 6.45) is 2.89. The third-order valence-corrected chi connectivity index (χ3v) is 3.02. The summed E-state index contributed by atoms with van der Waals surface area (Å²) in [6.45, 7) is 4.46. The zero-order valence-corrected chi connectivity index (χ0v) is 14.9. The number of thiocarbonyl (C=S) groups is 1. The summed E-state index contributed by atoms with van der Waals surface area (Å²) in [6, 6.07) is 6.72. The highest BCUT2D eigenvalue weighted by molar-refractivity contribution is 7.80. The van der Waals surface area contributed by atoms with Crippen LogP contribution in [0.25, 0.3) is 0 Å². The van der Waals surface area contributed by atoms with E-state index in [1.807, 2.05) is 6.92 Å². The molecule has 7 nitrogen and oxygen atoms in total. The molecular formula is C17H21N3O4S. The van der Waals surface area contributed by atoms with Crippen molar-refractivity contribution in [1.29, 1.82) is 0 Å². The Bertz CT molecular complexity index is 674. The van der Waals surface area contributed by atoms with Gasteiger partial charge in [-0.1, -0.05) is 13.0 Å². The number of esters is 1. The summed E-state index contributed by atoms with van der Waals surface area (Å²) in [7, 11) is 0. The van der Waals surface area contributed by atoms with Crippen LogP contribution in [0.3, 0.4) is 0 Å². The predicted molar refractivity (Wildman–Crippen MR) is 99.2 cm³/mol. The number of benzene rings is 1. The largest absolute Gasteiger partial charge is 0.463 e. The number of amides is 2.